The Hall–Kier alpha value is -3.63. The monoisotopic (exact) mass is 412 g/mol. The third-order valence-corrected chi connectivity index (χ3v) is 3.73. The van der Waals surface area contributed by atoms with E-state index in [4.69, 9.17) is 9.47 Å². The van der Waals surface area contributed by atoms with E-state index in [9.17, 15) is 32.9 Å². The van der Waals surface area contributed by atoms with Crippen molar-refractivity contribution in [3.63, 3.8) is 0 Å². The zero-order valence-electron chi connectivity index (χ0n) is 15.1. The lowest BCUT2D eigenvalue weighted by Crippen LogP contribution is -2.30. The Morgan fingerprint density at radius 3 is 2.45 bits per heavy atom. The summed E-state index contributed by atoms with van der Waals surface area (Å²) in [6.07, 6.45) is -6.04. The Morgan fingerprint density at radius 1 is 1.17 bits per heavy atom. The van der Waals surface area contributed by atoms with E-state index in [-0.39, 0.29) is 22.7 Å². The summed E-state index contributed by atoms with van der Waals surface area (Å²) in [6.45, 7) is 1.20. The van der Waals surface area contributed by atoms with Gasteiger partial charge in [0.1, 0.15) is 5.75 Å². The van der Waals surface area contributed by atoms with Gasteiger partial charge >= 0.3 is 12.1 Å². The quantitative estimate of drug-likeness (QED) is 0.439. The molecule has 2 aromatic rings. The van der Waals surface area contributed by atoms with E-state index in [2.05, 4.69) is 5.32 Å². The van der Waals surface area contributed by atoms with Crippen molar-refractivity contribution >= 4 is 23.3 Å². The molecule has 0 saturated carbocycles. The number of nitro benzene ring substituents is 1. The van der Waals surface area contributed by atoms with Gasteiger partial charge in [0.25, 0.3) is 11.6 Å². The number of hydrogen-bond acceptors (Lipinski definition) is 6. The first kappa shape index (κ1) is 21.7. The number of methoxy groups -OCH3 is 1. The summed E-state index contributed by atoms with van der Waals surface area (Å²) in [6, 6.07) is 7.05. The minimum atomic E-state index is -4.64. The van der Waals surface area contributed by atoms with Crippen molar-refractivity contribution in [3.05, 3.63) is 63.7 Å². The van der Waals surface area contributed by atoms with Gasteiger partial charge in [-0.2, -0.15) is 13.2 Å². The normalized spacial score (nSPS) is 12.0. The maximum Gasteiger partial charge on any atom is 0.416 e. The third-order valence-electron chi connectivity index (χ3n) is 3.73. The number of anilines is 1. The number of ether oxygens (including phenoxy) is 2. The van der Waals surface area contributed by atoms with Crippen molar-refractivity contribution < 1.29 is 37.2 Å². The average molecular weight is 412 g/mol. The van der Waals surface area contributed by atoms with Crippen molar-refractivity contribution in [2.45, 2.75) is 19.2 Å². The molecule has 1 atom stereocenters. The molecule has 0 aliphatic rings. The van der Waals surface area contributed by atoms with Crippen LogP contribution in [0.1, 0.15) is 22.8 Å². The lowest BCUT2D eigenvalue weighted by Gasteiger charge is -2.15. The zero-order chi connectivity index (χ0) is 21.8. The molecule has 8 nitrogen and oxygen atoms in total. The molecular weight excluding hydrogens is 397 g/mol. The lowest BCUT2D eigenvalue weighted by molar-refractivity contribution is -0.384. The molecule has 0 radical (unpaired) electrons. The molecule has 154 valence electrons. The molecule has 1 N–H and O–H groups in total. The summed E-state index contributed by atoms with van der Waals surface area (Å²) in [5, 5.41) is 13.2. The van der Waals surface area contributed by atoms with Gasteiger partial charge < -0.3 is 14.8 Å². The summed E-state index contributed by atoms with van der Waals surface area (Å²) < 4.78 is 48.1. The number of esters is 1. The molecule has 0 aliphatic heterocycles. The van der Waals surface area contributed by atoms with Crippen LogP contribution < -0.4 is 10.1 Å². The number of nitrogens with zero attached hydrogens (tertiary/aromatic N) is 1. The maximum atomic E-state index is 12.7. The number of amides is 1. The Morgan fingerprint density at radius 2 is 1.86 bits per heavy atom. The highest BCUT2D eigenvalue weighted by Crippen LogP contribution is 2.30. The molecule has 0 aliphatic carbocycles. The average Bonchev–Trinajstić information content (AvgIpc) is 2.67. The van der Waals surface area contributed by atoms with Crippen molar-refractivity contribution in [3.8, 4) is 5.75 Å². The molecule has 29 heavy (non-hydrogen) atoms. The van der Waals surface area contributed by atoms with Crippen molar-refractivity contribution in [1.82, 2.24) is 0 Å². The summed E-state index contributed by atoms with van der Waals surface area (Å²) >= 11 is 0. The smallest absolute Gasteiger partial charge is 0.416 e. The molecule has 1 amide bonds. The summed E-state index contributed by atoms with van der Waals surface area (Å²) in [4.78, 5) is 34.5. The number of halogens is 3. The predicted molar refractivity (Wildman–Crippen MR) is 94.6 cm³/mol. The fourth-order valence-electron chi connectivity index (χ4n) is 2.25. The molecule has 0 aromatic heterocycles. The van der Waals surface area contributed by atoms with Crippen molar-refractivity contribution in [2.24, 2.45) is 0 Å². The predicted octanol–water partition coefficient (Wildman–Crippen LogP) is 3.81. The van der Waals surface area contributed by atoms with Crippen LogP contribution in [0, 0.1) is 10.1 Å². The molecular formula is C18H15F3N2O6. The number of hydrogen-bond donors (Lipinski definition) is 1. The molecule has 2 rings (SSSR count). The Labute approximate surface area is 162 Å². The van der Waals surface area contributed by atoms with Crippen LogP contribution in [0.25, 0.3) is 0 Å². The fraction of sp³-hybridized carbons (Fsp3) is 0.222. The van der Waals surface area contributed by atoms with E-state index in [1.807, 2.05) is 0 Å². The van der Waals surface area contributed by atoms with Crippen LogP contribution in [0.5, 0.6) is 5.75 Å². The van der Waals surface area contributed by atoms with E-state index in [1.54, 1.807) is 0 Å². The SMILES string of the molecule is COc1ccc([N+](=O)[O-])cc1NC(=O)C(C)OC(=O)c1cccc(C(F)(F)F)c1. The topological polar surface area (TPSA) is 108 Å². The van der Waals surface area contributed by atoms with Gasteiger partial charge in [-0.05, 0) is 31.2 Å². The highest BCUT2D eigenvalue weighted by molar-refractivity contribution is 5.98. The van der Waals surface area contributed by atoms with E-state index in [0.29, 0.717) is 6.07 Å². The van der Waals surface area contributed by atoms with Gasteiger partial charge in [0.15, 0.2) is 6.10 Å². The molecule has 2 aromatic carbocycles. The van der Waals surface area contributed by atoms with Gasteiger partial charge in [0.2, 0.25) is 0 Å². The number of non-ortho nitro benzene ring substituents is 1. The lowest BCUT2D eigenvalue weighted by atomic mass is 10.1. The highest BCUT2D eigenvalue weighted by atomic mass is 19.4. The van der Waals surface area contributed by atoms with Crippen LogP contribution >= 0.6 is 0 Å². The van der Waals surface area contributed by atoms with Gasteiger partial charge in [-0.25, -0.2) is 4.79 Å². The van der Waals surface area contributed by atoms with Gasteiger partial charge in [-0.15, -0.1) is 0 Å². The summed E-state index contributed by atoms with van der Waals surface area (Å²) in [5.41, 5.74) is -1.76. The number of nitro groups is 1. The molecule has 0 fully saturated rings. The van der Waals surface area contributed by atoms with Crippen LogP contribution in [0.15, 0.2) is 42.5 Å². The number of nitrogens with one attached hydrogen (secondary N) is 1. The van der Waals surface area contributed by atoms with E-state index < -0.39 is 34.6 Å². The molecule has 0 spiro atoms. The first-order valence-electron chi connectivity index (χ1n) is 8.04. The fourth-order valence-corrected chi connectivity index (χ4v) is 2.25. The zero-order valence-corrected chi connectivity index (χ0v) is 15.1. The second-order valence-electron chi connectivity index (χ2n) is 5.76. The summed E-state index contributed by atoms with van der Waals surface area (Å²) in [5.74, 6) is -1.87. The van der Waals surface area contributed by atoms with E-state index in [1.165, 1.54) is 26.2 Å². The first-order valence-corrected chi connectivity index (χ1v) is 8.04. The van der Waals surface area contributed by atoms with Crippen LogP contribution in [0.2, 0.25) is 0 Å². The summed E-state index contributed by atoms with van der Waals surface area (Å²) in [7, 11) is 1.29. The third kappa shape index (κ3) is 5.43. The van der Waals surface area contributed by atoms with Crippen LogP contribution in [-0.2, 0) is 15.7 Å². The van der Waals surface area contributed by atoms with Crippen molar-refractivity contribution in [1.29, 1.82) is 0 Å². The van der Waals surface area contributed by atoms with Gasteiger partial charge in [-0.3, -0.25) is 14.9 Å². The van der Waals surface area contributed by atoms with Crippen LogP contribution in [-0.4, -0.2) is 30.0 Å². The number of carbonyl (C=O) groups excluding carboxylic acids is 2. The Bertz CT molecular complexity index is 945. The van der Waals surface area contributed by atoms with Crippen molar-refractivity contribution in [2.75, 3.05) is 12.4 Å². The van der Waals surface area contributed by atoms with Gasteiger partial charge in [0.05, 0.1) is 28.8 Å². The Kier molecular flexibility index (Phi) is 6.42. The number of alkyl halides is 3. The Balaban J connectivity index is 2.13. The van der Waals surface area contributed by atoms with E-state index in [0.717, 1.165) is 24.3 Å². The molecule has 11 heteroatoms. The second kappa shape index (κ2) is 8.59. The molecule has 0 heterocycles. The second-order valence-corrected chi connectivity index (χ2v) is 5.76. The van der Waals surface area contributed by atoms with Crippen LogP contribution in [0.3, 0.4) is 0 Å². The number of benzene rings is 2. The standard InChI is InChI=1S/C18H15F3N2O6/c1-10(29-17(25)11-4-3-5-12(8-11)18(19,20)21)16(24)22-14-9-13(23(26)27)6-7-15(14)28-2/h3-10H,1-2H3,(H,22,24). The number of rotatable bonds is 6. The number of carbonyl (C=O) groups is 2. The molecule has 1 unspecified atom stereocenters. The largest absolute Gasteiger partial charge is 0.495 e. The minimum absolute atomic E-state index is 0.0336. The van der Waals surface area contributed by atoms with Crippen LogP contribution in [0.4, 0.5) is 24.5 Å². The molecule has 0 bridgehead atoms. The van der Waals surface area contributed by atoms with Gasteiger partial charge in [0, 0.05) is 12.1 Å². The minimum Gasteiger partial charge on any atom is -0.495 e. The maximum absolute atomic E-state index is 12.7. The highest BCUT2D eigenvalue weighted by Gasteiger charge is 2.31. The van der Waals surface area contributed by atoms with Gasteiger partial charge in [-0.1, -0.05) is 6.07 Å². The first-order chi connectivity index (χ1) is 13.5. The molecule has 0 saturated heterocycles. The van der Waals surface area contributed by atoms with E-state index >= 15 is 0 Å².